The predicted octanol–water partition coefficient (Wildman–Crippen LogP) is 1.67. The van der Waals surface area contributed by atoms with Crippen LogP contribution >= 0.6 is 11.6 Å². The van der Waals surface area contributed by atoms with Gasteiger partial charge in [0.05, 0.1) is 10.9 Å². The summed E-state index contributed by atoms with van der Waals surface area (Å²) in [6, 6.07) is 3.15. The summed E-state index contributed by atoms with van der Waals surface area (Å²) in [6.07, 6.45) is 2.73. The van der Waals surface area contributed by atoms with Crippen LogP contribution in [0.5, 0.6) is 0 Å². The minimum absolute atomic E-state index is 0.238. The van der Waals surface area contributed by atoms with E-state index in [0.29, 0.717) is 30.1 Å². The number of carbonyl (C=O) groups excluding carboxylic acids is 1. The molecular weight excluding hydrogens is 256 g/mol. The summed E-state index contributed by atoms with van der Waals surface area (Å²) in [5.41, 5.74) is 0.297. The molecule has 1 aliphatic heterocycles. The molecule has 1 aromatic rings. The molecule has 0 spiro atoms. The van der Waals surface area contributed by atoms with Crippen molar-refractivity contribution >= 4 is 23.5 Å². The zero-order valence-corrected chi connectivity index (χ0v) is 10.4. The van der Waals surface area contributed by atoms with Crippen LogP contribution in [-0.4, -0.2) is 40.0 Å². The topological polar surface area (TPSA) is 70.5 Å². The number of halogens is 1. The standard InChI is InChI=1S/C12H13ClN2O3/c13-9-3-4-10(14-6-9)11(16)15-5-1-2-8(7-15)12(17)18/h3-4,6,8H,1-2,5,7H2,(H,17,18). The Balaban J connectivity index is 2.09. The predicted molar refractivity (Wildman–Crippen MR) is 65.5 cm³/mol. The number of carbonyl (C=O) groups is 2. The van der Waals surface area contributed by atoms with Gasteiger partial charge in [0, 0.05) is 19.3 Å². The SMILES string of the molecule is O=C(O)C1CCCN(C(=O)c2ccc(Cl)cn2)C1. The number of pyridine rings is 1. The molecule has 1 N–H and O–H groups in total. The third-order valence-corrected chi connectivity index (χ3v) is 3.23. The maximum absolute atomic E-state index is 12.1. The highest BCUT2D eigenvalue weighted by atomic mass is 35.5. The van der Waals surface area contributed by atoms with Crippen molar-refractivity contribution in [3.8, 4) is 0 Å². The van der Waals surface area contributed by atoms with E-state index in [-0.39, 0.29) is 12.5 Å². The Morgan fingerprint density at radius 2 is 2.22 bits per heavy atom. The molecule has 2 heterocycles. The second-order valence-corrected chi connectivity index (χ2v) is 4.73. The fourth-order valence-electron chi connectivity index (χ4n) is 2.03. The zero-order valence-electron chi connectivity index (χ0n) is 9.67. The molecule has 0 saturated carbocycles. The molecule has 0 radical (unpaired) electrons. The number of carboxylic acids is 1. The van der Waals surface area contributed by atoms with Gasteiger partial charge >= 0.3 is 5.97 Å². The lowest BCUT2D eigenvalue weighted by Gasteiger charge is -2.30. The molecule has 96 valence electrons. The van der Waals surface area contributed by atoms with E-state index in [2.05, 4.69) is 4.98 Å². The molecule has 1 fully saturated rings. The maximum atomic E-state index is 12.1. The minimum atomic E-state index is -0.850. The normalized spacial score (nSPS) is 19.6. The van der Waals surface area contributed by atoms with Gasteiger partial charge in [-0.05, 0) is 25.0 Å². The number of likely N-dealkylation sites (tertiary alicyclic amines) is 1. The van der Waals surface area contributed by atoms with Crippen LogP contribution in [0.2, 0.25) is 5.02 Å². The fourth-order valence-corrected chi connectivity index (χ4v) is 2.14. The van der Waals surface area contributed by atoms with E-state index in [9.17, 15) is 9.59 Å². The fraction of sp³-hybridized carbons (Fsp3) is 0.417. The van der Waals surface area contributed by atoms with Gasteiger partial charge in [0.2, 0.25) is 0 Å². The molecule has 0 aromatic carbocycles. The van der Waals surface area contributed by atoms with E-state index >= 15 is 0 Å². The van der Waals surface area contributed by atoms with Crippen molar-refractivity contribution in [3.05, 3.63) is 29.0 Å². The summed E-state index contributed by atoms with van der Waals surface area (Å²) in [5.74, 6) is -1.57. The lowest BCUT2D eigenvalue weighted by Crippen LogP contribution is -2.42. The molecule has 1 unspecified atom stereocenters. The Labute approximate surface area is 109 Å². The first kappa shape index (κ1) is 12.8. The van der Waals surface area contributed by atoms with Crippen molar-refractivity contribution < 1.29 is 14.7 Å². The second kappa shape index (κ2) is 5.35. The van der Waals surface area contributed by atoms with Crippen LogP contribution in [0.25, 0.3) is 0 Å². The molecule has 0 bridgehead atoms. The molecule has 1 saturated heterocycles. The van der Waals surface area contributed by atoms with E-state index in [1.54, 1.807) is 17.0 Å². The number of hydrogen-bond donors (Lipinski definition) is 1. The van der Waals surface area contributed by atoms with Crippen LogP contribution in [0.15, 0.2) is 18.3 Å². The highest BCUT2D eigenvalue weighted by Gasteiger charge is 2.28. The smallest absolute Gasteiger partial charge is 0.308 e. The number of carboxylic acid groups (broad SMARTS) is 1. The van der Waals surface area contributed by atoms with Crippen LogP contribution in [0.1, 0.15) is 23.3 Å². The van der Waals surface area contributed by atoms with Gasteiger partial charge in [-0.25, -0.2) is 4.98 Å². The second-order valence-electron chi connectivity index (χ2n) is 4.29. The summed E-state index contributed by atoms with van der Waals surface area (Å²) < 4.78 is 0. The van der Waals surface area contributed by atoms with Crippen LogP contribution < -0.4 is 0 Å². The Morgan fingerprint density at radius 3 is 2.83 bits per heavy atom. The summed E-state index contributed by atoms with van der Waals surface area (Å²) in [4.78, 5) is 28.5. The molecule has 0 aliphatic carbocycles. The monoisotopic (exact) mass is 268 g/mol. The van der Waals surface area contributed by atoms with Gasteiger partial charge < -0.3 is 10.0 Å². The van der Waals surface area contributed by atoms with Crippen LogP contribution in [0.3, 0.4) is 0 Å². The quantitative estimate of drug-likeness (QED) is 0.886. The summed E-state index contributed by atoms with van der Waals surface area (Å²) in [5, 5.41) is 9.44. The molecule has 1 aliphatic rings. The van der Waals surface area contributed by atoms with Gasteiger partial charge in [-0.15, -0.1) is 0 Å². The number of hydrogen-bond acceptors (Lipinski definition) is 3. The first-order valence-corrected chi connectivity index (χ1v) is 6.09. The maximum Gasteiger partial charge on any atom is 0.308 e. The molecular formula is C12H13ClN2O3. The highest BCUT2D eigenvalue weighted by Crippen LogP contribution is 2.18. The van der Waals surface area contributed by atoms with Crippen LogP contribution in [-0.2, 0) is 4.79 Å². The van der Waals surface area contributed by atoms with Gasteiger partial charge in [-0.3, -0.25) is 9.59 Å². The average Bonchev–Trinajstić information content (AvgIpc) is 2.39. The summed E-state index contributed by atoms with van der Waals surface area (Å²) in [7, 11) is 0. The van der Waals surface area contributed by atoms with Gasteiger partial charge in [-0.1, -0.05) is 11.6 Å². The van der Waals surface area contributed by atoms with Crippen molar-refractivity contribution in [2.24, 2.45) is 5.92 Å². The Bertz CT molecular complexity index is 461. The van der Waals surface area contributed by atoms with Crippen molar-refractivity contribution in [2.45, 2.75) is 12.8 Å². The minimum Gasteiger partial charge on any atom is -0.481 e. The molecule has 2 rings (SSSR count). The number of amides is 1. The molecule has 6 heteroatoms. The zero-order chi connectivity index (χ0) is 13.1. The van der Waals surface area contributed by atoms with Gasteiger partial charge in [0.1, 0.15) is 5.69 Å². The first-order chi connectivity index (χ1) is 8.58. The number of rotatable bonds is 2. The van der Waals surface area contributed by atoms with Crippen molar-refractivity contribution in [1.82, 2.24) is 9.88 Å². The van der Waals surface area contributed by atoms with Gasteiger partial charge in [0.25, 0.3) is 5.91 Å². The van der Waals surface area contributed by atoms with E-state index in [1.165, 1.54) is 6.20 Å². The third kappa shape index (κ3) is 2.79. The number of nitrogens with zero attached hydrogens (tertiary/aromatic N) is 2. The Kier molecular flexibility index (Phi) is 3.81. The van der Waals surface area contributed by atoms with Crippen molar-refractivity contribution in [3.63, 3.8) is 0 Å². The number of aliphatic carboxylic acids is 1. The number of aromatic nitrogens is 1. The van der Waals surface area contributed by atoms with Gasteiger partial charge in [-0.2, -0.15) is 0 Å². The Morgan fingerprint density at radius 1 is 1.44 bits per heavy atom. The summed E-state index contributed by atoms with van der Waals surface area (Å²) >= 11 is 5.70. The summed E-state index contributed by atoms with van der Waals surface area (Å²) in [6.45, 7) is 0.825. The molecule has 5 nitrogen and oxygen atoms in total. The van der Waals surface area contributed by atoms with Gasteiger partial charge in [0.15, 0.2) is 0 Å². The lowest BCUT2D eigenvalue weighted by atomic mass is 9.98. The first-order valence-electron chi connectivity index (χ1n) is 5.71. The Hall–Kier alpha value is -1.62. The van der Waals surface area contributed by atoms with E-state index in [4.69, 9.17) is 16.7 Å². The van der Waals surface area contributed by atoms with Crippen LogP contribution in [0.4, 0.5) is 0 Å². The molecule has 1 aromatic heterocycles. The average molecular weight is 269 g/mol. The van der Waals surface area contributed by atoms with E-state index in [0.717, 1.165) is 0 Å². The third-order valence-electron chi connectivity index (χ3n) is 3.00. The number of piperidine rings is 1. The molecule has 18 heavy (non-hydrogen) atoms. The van der Waals surface area contributed by atoms with E-state index in [1.807, 2.05) is 0 Å². The van der Waals surface area contributed by atoms with Crippen LogP contribution in [0, 0.1) is 5.92 Å². The highest BCUT2D eigenvalue weighted by molar-refractivity contribution is 6.30. The molecule has 1 amide bonds. The van der Waals surface area contributed by atoms with E-state index < -0.39 is 11.9 Å². The van der Waals surface area contributed by atoms with Crippen molar-refractivity contribution in [2.75, 3.05) is 13.1 Å². The largest absolute Gasteiger partial charge is 0.481 e. The van der Waals surface area contributed by atoms with Crippen molar-refractivity contribution in [1.29, 1.82) is 0 Å². The molecule has 1 atom stereocenters. The lowest BCUT2D eigenvalue weighted by molar-refractivity contribution is -0.143.